The molecule has 0 saturated heterocycles. The summed E-state index contributed by atoms with van der Waals surface area (Å²) >= 11 is 7.73. The lowest BCUT2D eigenvalue weighted by atomic mass is 10.1. The minimum Gasteiger partial charge on any atom is -0.464 e. The molecule has 1 aromatic heterocycles. The number of nitrogens with zero attached hydrogens (tertiary/aromatic N) is 2. The highest BCUT2D eigenvalue weighted by Gasteiger charge is 2.25. The van der Waals surface area contributed by atoms with E-state index in [-0.39, 0.29) is 18.1 Å². The summed E-state index contributed by atoms with van der Waals surface area (Å²) < 4.78 is 10.0. The first kappa shape index (κ1) is 21.3. The molecule has 1 unspecified atom stereocenters. The Morgan fingerprint density at radius 3 is 2.70 bits per heavy atom. The number of carbonyl (C=O) groups is 2. The third kappa shape index (κ3) is 6.30. The van der Waals surface area contributed by atoms with Gasteiger partial charge in [-0.1, -0.05) is 30.3 Å². The predicted octanol–water partition coefficient (Wildman–Crippen LogP) is 3.67. The van der Waals surface area contributed by atoms with Crippen molar-refractivity contribution in [1.82, 2.24) is 9.88 Å². The van der Waals surface area contributed by atoms with Crippen molar-refractivity contribution >= 4 is 34.8 Å². The van der Waals surface area contributed by atoms with Crippen molar-refractivity contribution in [2.75, 3.05) is 26.9 Å². The molecule has 6 nitrogen and oxygen atoms in total. The van der Waals surface area contributed by atoms with Gasteiger partial charge in [0, 0.05) is 25.1 Å². The normalized spacial score (nSPS) is 11.8. The van der Waals surface area contributed by atoms with E-state index in [1.54, 1.807) is 10.3 Å². The molecule has 1 heterocycles. The molecule has 0 bridgehead atoms. The molecule has 146 valence electrons. The first-order chi connectivity index (χ1) is 13.1. The number of ether oxygens (including phenoxy) is 2. The Balaban J connectivity index is 2.11. The maximum absolute atomic E-state index is 12.9. The van der Waals surface area contributed by atoms with Crippen molar-refractivity contribution in [3.05, 3.63) is 52.0 Å². The van der Waals surface area contributed by atoms with Gasteiger partial charge in [0.05, 0.1) is 13.7 Å². The molecule has 0 N–H and O–H groups in total. The van der Waals surface area contributed by atoms with E-state index in [0.717, 1.165) is 5.56 Å². The number of rotatable bonds is 10. The highest BCUT2D eigenvalue weighted by atomic mass is 35.5. The largest absolute Gasteiger partial charge is 0.464 e. The molecule has 1 atom stereocenters. The maximum Gasteiger partial charge on any atom is 0.357 e. The fraction of sp³-hybridized carbons (Fsp3) is 0.421. The van der Waals surface area contributed by atoms with Gasteiger partial charge in [-0.15, -0.1) is 22.9 Å². The van der Waals surface area contributed by atoms with Gasteiger partial charge in [0.2, 0.25) is 5.91 Å². The summed E-state index contributed by atoms with van der Waals surface area (Å²) in [7, 11) is 1.31. The third-order valence-electron chi connectivity index (χ3n) is 3.81. The molecule has 27 heavy (non-hydrogen) atoms. The number of benzene rings is 1. The van der Waals surface area contributed by atoms with Gasteiger partial charge in [0.25, 0.3) is 0 Å². The number of aromatic nitrogens is 1. The third-order valence-corrected chi connectivity index (χ3v) is 5.09. The minimum absolute atomic E-state index is 0.200. The summed E-state index contributed by atoms with van der Waals surface area (Å²) in [6, 6.07) is 9.22. The van der Waals surface area contributed by atoms with E-state index in [1.807, 2.05) is 37.3 Å². The number of thiazole rings is 1. The number of esters is 1. The van der Waals surface area contributed by atoms with Gasteiger partial charge in [-0.3, -0.25) is 4.79 Å². The van der Waals surface area contributed by atoms with Crippen LogP contribution in [0.4, 0.5) is 0 Å². The molecular weight excluding hydrogens is 388 g/mol. The number of carbonyl (C=O) groups excluding carboxylic acids is 2. The molecule has 0 aliphatic carbocycles. The van der Waals surface area contributed by atoms with Crippen LogP contribution in [0, 0.1) is 0 Å². The van der Waals surface area contributed by atoms with Crippen molar-refractivity contribution in [2.24, 2.45) is 0 Å². The lowest BCUT2D eigenvalue weighted by molar-refractivity contribution is -0.131. The van der Waals surface area contributed by atoms with Gasteiger partial charge < -0.3 is 14.4 Å². The molecule has 0 aliphatic heterocycles. The lowest BCUT2D eigenvalue weighted by Crippen LogP contribution is -2.34. The van der Waals surface area contributed by atoms with E-state index < -0.39 is 11.3 Å². The predicted molar refractivity (Wildman–Crippen MR) is 105 cm³/mol. The van der Waals surface area contributed by atoms with E-state index in [0.29, 0.717) is 31.2 Å². The highest BCUT2D eigenvalue weighted by molar-refractivity contribution is 7.09. The van der Waals surface area contributed by atoms with Crippen molar-refractivity contribution in [1.29, 1.82) is 0 Å². The number of alkyl halides is 1. The number of hydrogen-bond acceptors (Lipinski definition) is 6. The van der Waals surface area contributed by atoms with Crippen LogP contribution < -0.4 is 0 Å². The van der Waals surface area contributed by atoms with Gasteiger partial charge >= 0.3 is 5.97 Å². The molecule has 2 rings (SSSR count). The zero-order valence-corrected chi connectivity index (χ0v) is 17.0. The van der Waals surface area contributed by atoms with Gasteiger partial charge in [-0.2, -0.15) is 0 Å². The zero-order chi connectivity index (χ0) is 19.6. The van der Waals surface area contributed by atoms with Crippen LogP contribution in [0.2, 0.25) is 0 Å². The van der Waals surface area contributed by atoms with Crippen LogP contribution >= 0.6 is 22.9 Å². The topological polar surface area (TPSA) is 68.7 Å². The molecule has 8 heteroatoms. The highest BCUT2D eigenvalue weighted by Crippen LogP contribution is 2.24. The van der Waals surface area contributed by atoms with Crippen LogP contribution in [0.15, 0.2) is 35.7 Å². The van der Waals surface area contributed by atoms with E-state index in [1.165, 1.54) is 18.4 Å². The Labute approximate surface area is 168 Å². The number of methoxy groups -OCH3 is 1. The second kappa shape index (κ2) is 11.0. The molecule has 0 fully saturated rings. The monoisotopic (exact) mass is 410 g/mol. The first-order valence-electron chi connectivity index (χ1n) is 8.65. The molecule has 1 aromatic carbocycles. The van der Waals surface area contributed by atoms with Gasteiger partial charge in [-0.05, 0) is 18.9 Å². The Hall–Kier alpha value is -1.96. The smallest absolute Gasteiger partial charge is 0.357 e. The number of amides is 1. The number of halogens is 1. The van der Waals surface area contributed by atoms with Crippen LogP contribution in [0.3, 0.4) is 0 Å². The van der Waals surface area contributed by atoms with Crippen molar-refractivity contribution in [3.8, 4) is 0 Å². The summed E-state index contributed by atoms with van der Waals surface area (Å²) in [5.41, 5.74) is 0.984. The molecule has 2 aromatic rings. The number of hydrogen-bond donors (Lipinski definition) is 0. The molecule has 1 amide bonds. The Kier molecular flexibility index (Phi) is 8.71. The molecular formula is C19H23ClN2O4S. The fourth-order valence-corrected chi connectivity index (χ4v) is 3.50. The fourth-order valence-electron chi connectivity index (χ4n) is 2.44. The average Bonchev–Trinajstić information content (AvgIpc) is 3.18. The SMILES string of the molecule is CCOCCCN(Cc1nc(C(=O)OC)cs1)C(=O)C(Cl)c1ccccc1. The van der Waals surface area contributed by atoms with E-state index in [2.05, 4.69) is 9.72 Å². The average molecular weight is 411 g/mol. The molecule has 0 spiro atoms. The van der Waals surface area contributed by atoms with Gasteiger partial charge in [0.1, 0.15) is 10.4 Å². The summed E-state index contributed by atoms with van der Waals surface area (Å²) in [6.07, 6.45) is 0.688. The van der Waals surface area contributed by atoms with E-state index in [9.17, 15) is 9.59 Å². The second-order valence-electron chi connectivity index (χ2n) is 5.70. The Morgan fingerprint density at radius 1 is 1.30 bits per heavy atom. The van der Waals surface area contributed by atoms with E-state index in [4.69, 9.17) is 16.3 Å². The van der Waals surface area contributed by atoms with Crippen LogP contribution in [-0.4, -0.2) is 48.6 Å². The maximum atomic E-state index is 12.9. The van der Waals surface area contributed by atoms with Crippen LogP contribution in [0.1, 0.15) is 39.8 Å². The van der Waals surface area contributed by atoms with Crippen LogP contribution in [-0.2, 0) is 20.8 Å². The summed E-state index contributed by atoms with van der Waals surface area (Å²) in [6.45, 7) is 3.89. The van der Waals surface area contributed by atoms with E-state index >= 15 is 0 Å². The Bertz CT molecular complexity index is 738. The summed E-state index contributed by atoms with van der Waals surface area (Å²) in [5.74, 6) is -0.694. The van der Waals surface area contributed by atoms with Crippen LogP contribution in [0.5, 0.6) is 0 Å². The van der Waals surface area contributed by atoms with Crippen LogP contribution in [0.25, 0.3) is 0 Å². The van der Waals surface area contributed by atoms with Crippen molar-refractivity contribution in [3.63, 3.8) is 0 Å². The van der Waals surface area contributed by atoms with Gasteiger partial charge in [0.15, 0.2) is 5.69 Å². The molecule has 0 radical (unpaired) electrons. The second-order valence-corrected chi connectivity index (χ2v) is 7.08. The Morgan fingerprint density at radius 2 is 2.04 bits per heavy atom. The molecule has 0 aliphatic rings. The summed E-state index contributed by atoms with van der Waals surface area (Å²) in [4.78, 5) is 30.4. The quantitative estimate of drug-likeness (QED) is 0.339. The molecule has 0 saturated carbocycles. The first-order valence-corrected chi connectivity index (χ1v) is 9.96. The zero-order valence-electron chi connectivity index (χ0n) is 15.4. The van der Waals surface area contributed by atoms with Crippen molar-refractivity contribution in [2.45, 2.75) is 25.3 Å². The van der Waals surface area contributed by atoms with Gasteiger partial charge in [-0.25, -0.2) is 9.78 Å². The minimum atomic E-state index is -0.779. The standard InChI is InChI=1S/C19H23ClN2O4S/c1-3-26-11-7-10-22(12-16-21-15(13-27-16)19(24)25-2)18(23)17(20)14-8-5-4-6-9-14/h4-6,8-9,13,17H,3,7,10-12H2,1-2H3. The lowest BCUT2D eigenvalue weighted by Gasteiger charge is -2.24. The summed E-state index contributed by atoms with van der Waals surface area (Å²) in [5, 5.41) is 1.50. The van der Waals surface area contributed by atoms with Crippen molar-refractivity contribution < 1.29 is 19.1 Å².